The third-order valence-corrected chi connectivity index (χ3v) is 6.03. The average Bonchev–Trinajstić information content (AvgIpc) is 2.70. The lowest BCUT2D eigenvalue weighted by molar-refractivity contribution is 0.498. The molecule has 0 spiro atoms. The predicted molar refractivity (Wildman–Crippen MR) is 110 cm³/mol. The van der Waals surface area contributed by atoms with Crippen LogP contribution in [0, 0.1) is 0 Å². The minimum absolute atomic E-state index is 0.291. The molecule has 1 aliphatic heterocycles. The van der Waals surface area contributed by atoms with E-state index >= 15 is 0 Å². The number of anilines is 2. The van der Waals surface area contributed by atoms with Gasteiger partial charge >= 0.3 is 0 Å². The number of nitrogens with one attached hydrogen (secondary N) is 1. The van der Waals surface area contributed by atoms with Crippen molar-refractivity contribution in [3.63, 3.8) is 0 Å². The summed E-state index contributed by atoms with van der Waals surface area (Å²) in [5.41, 5.74) is 7.38. The molecular weight excluding hydrogens is 382 g/mol. The SMILES string of the molecule is CNc1nccc(Sc2ccc3nc(N4CCC(N)CC4)cnc3n2)c1Cl. The first-order valence-corrected chi connectivity index (χ1v) is 9.98. The predicted octanol–water partition coefficient (Wildman–Crippen LogP) is 3.19. The molecule has 7 nitrogen and oxygen atoms in total. The Hall–Kier alpha value is -2.16. The Morgan fingerprint density at radius 3 is 2.78 bits per heavy atom. The fourth-order valence-corrected chi connectivity index (χ4v) is 4.14. The molecule has 0 amide bonds. The van der Waals surface area contributed by atoms with E-state index in [0.29, 0.717) is 22.5 Å². The third kappa shape index (κ3) is 3.92. The van der Waals surface area contributed by atoms with E-state index in [1.807, 2.05) is 18.2 Å². The van der Waals surface area contributed by atoms with Crippen LogP contribution in [0.5, 0.6) is 0 Å². The van der Waals surface area contributed by atoms with Gasteiger partial charge in [0.05, 0.1) is 11.2 Å². The van der Waals surface area contributed by atoms with Crippen LogP contribution in [0.4, 0.5) is 11.6 Å². The zero-order chi connectivity index (χ0) is 18.8. The number of piperidine rings is 1. The van der Waals surface area contributed by atoms with Crippen molar-refractivity contribution in [2.45, 2.75) is 28.8 Å². The number of fused-ring (bicyclic) bond motifs is 1. The van der Waals surface area contributed by atoms with Crippen molar-refractivity contribution >= 4 is 46.2 Å². The third-order valence-electron chi connectivity index (χ3n) is 4.53. The van der Waals surface area contributed by atoms with Gasteiger partial charge in [-0.2, -0.15) is 0 Å². The van der Waals surface area contributed by atoms with Gasteiger partial charge in [0.15, 0.2) is 5.65 Å². The summed E-state index contributed by atoms with van der Waals surface area (Å²) in [5, 5.41) is 4.37. The van der Waals surface area contributed by atoms with Crippen LogP contribution in [0.3, 0.4) is 0 Å². The van der Waals surface area contributed by atoms with Crippen LogP contribution >= 0.6 is 23.4 Å². The topological polar surface area (TPSA) is 92.9 Å². The van der Waals surface area contributed by atoms with Crippen LogP contribution in [-0.4, -0.2) is 46.1 Å². The smallest absolute Gasteiger partial charge is 0.179 e. The highest BCUT2D eigenvalue weighted by molar-refractivity contribution is 7.99. The summed E-state index contributed by atoms with van der Waals surface area (Å²) in [6.07, 6.45) is 5.47. The van der Waals surface area contributed by atoms with Crippen molar-refractivity contribution in [1.82, 2.24) is 19.9 Å². The lowest BCUT2D eigenvalue weighted by Gasteiger charge is -2.30. The number of rotatable bonds is 4. The van der Waals surface area contributed by atoms with E-state index in [2.05, 4.69) is 25.2 Å². The van der Waals surface area contributed by atoms with Gasteiger partial charge in [-0.05, 0) is 31.0 Å². The van der Waals surface area contributed by atoms with Crippen LogP contribution < -0.4 is 16.0 Å². The van der Waals surface area contributed by atoms with Gasteiger partial charge in [-0.25, -0.2) is 19.9 Å². The Labute approximate surface area is 166 Å². The van der Waals surface area contributed by atoms with Crippen molar-refractivity contribution in [3.05, 3.63) is 35.6 Å². The van der Waals surface area contributed by atoms with Crippen LogP contribution in [-0.2, 0) is 0 Å². The highest BCUT2D eigenvalue weighted by Crippen LogP contribution is 2.35. The summed E-state index contributed by atoms with van der Waals surface area (Å²) in [5.74, 6) is 1.53. The second-order valence-electron chi connectivity index (χ2n) is 6.37. The van der Waals surface area contributed by atoms with Crippen molar-refractivity contribution < 1.29 is 0 Å². The molecule has 0 unspecified atom stereocenters. The molecule has 1 aliphatic rings. The second-order valence-corrected chi connectivity index (χ2v) is 7.81. The summed E-state index contributed by atoms with van der Waals surface area (Å²) < 4.78 is 0. The molecule has 0 saturated carbocycles. The molecule has 0 aromatic carbocycles. The number of nitrogens with two attached hydrogens (primary N) is 1. The lowest BCUT2D eigenvalue weighted by Crippen LogP contribution is -2.40. The second kappa shape index (κ2) is 7.84. The molecule has 4 heterocycles. The van der Waals surface area contributed by atoms with Gasteiger partial charge in [0.2, 0.25) is 0 Å². The largest absolute Gasteiger partial charge is 0.372 e. The minimum atomic E-state index is 0.291. The van der Waals surface area contributed by atoms with E-state index in [4.69, 9.17) is 22.3 Å². The monoisotopic (exact) mass is 401 g/mol. The summed E-state index contributed by atoms with van der Waals surface area (Å²) >= 11 is 7.85. The van der Waals surface area contributed by atoms with Gasteiger partial charge < -0.3 is 16.0 Å². The average molecular weight is 402 g/mol. The molecule has 9 heteroatoms. The molecule has 3 aromatic rings. The molecule has 4 rings (SSSR count). The van der Waals surface area contributed by atoms with Crippen LogP contribution in [0.25, 0.3) is 11.2 Å². The van der Waals surface area contributed by atoms with Crippen LogP contribution in [0.2, 0.25) is 5.02 Å². The number of hydrogen-bond donors (Lipinski definition) is 2. The van der Waals surface area contributed by atoms with Crippen molar-refractivity contribution in [3.8, 4) is 0 Å². The van der Waals surface area contributed by atoms with Crippen molar-refractivity contribution in [2.24, 2.45) is 5.73 Å². The molecule has 3 N–H and O–H groups in total. The number of aromatic nitrogens is 4. The Morgan fingerprint density at radius 2 is 2.00 bits per heavy atom. The standard InChI is InChI=1S/C18H20ClN7S/c1-21-18-16(19)13(4-7-22-18)27-15-3-2-12-17(25-15)23-10-14(24-12)26-8-5-11(20)6-9-26/h2-4,7,10-11H,5-6,8-9,20H2,1H3,(H,21,22). The summed E-state index contributed by atoms with van der Waals surface area (Å²) in [6.45, 7) is 1.83. The van der Waals surface area contributed by atoms with E-state index in [9.17, 15) is 0 Å². The Balaban J connectivity index is 1.57. The van der Waals surface area contributed by atoms with Gasteiger partial charge in [0.1, 0.15) is 22.2 Å². The maximum absolute atomic E-state index is 6.38. The maximum atomic E-state index is 6.38. The maximum Gasteiger partial charge on any atom is 0.179 e. The first kappa shape index (κ1) is 18.2. The highest BCUT2D eigenvalue weighted by Gasteiger charge is 2.18. The molecule has 1 saturated heterocycles. The first-order valence-electron chi connectivity index (χ1n) is 8.78. The molecule has 1 fully saturated rings. The Kier molecular flexibility index (Phi) is 5.29. The van der Waals surface area contributed by atoms with Gasteiger partial charge in [0, 0.05) is 37.3 Å². The fraction of sp³-hybridized carbons (Fsp3) is 0.333. The lowest BCUT2D eigenvalue weighted by atomic mass is 10.1. The van der Waals surface area contributed by atoms with E-state index < -0.39 is 0 Å². The molecule has 140 valence electrons. The molecular formula is C18H20ClN7S. The number of hydrogen-bond acceptors (Lipinski definition) is 8. The quantitative estimate of drug-likeness (QED) is 0.688. The molecule has 27 heavy (non-hydrogen) atoms. The Bertz CT molecular complexity index is 960. The van der Waals surface area contributed by atoms with Crippen LogP contribution in [0.1, 0.15) is 12.8 Å². The van der Waals surface area contributed by atoms with Gasteiger partial charge in [-0.1, -0.05) is 23.4 Å². The zero-order valence-corrected chi connectivity index (χ0v) is 16.5. The Morgan fingerprint density at radius 1 is 1.19 bits per heavy atom. The zero-order valence-electron chi connectivity index (χ0n) is 14.9. The van der Waals surface area contributed by atoms with Gasteiger partial charge in [-0.3, -0.25) is 0 Å². The number of pyridine rings is 2. The van der Waals surface area contributed by atoms with Crippen molar-refractivity contribution in [1.29, 1.82) is 0 Å². The summed E-state index contributed by atoms with van der Waals surface area (Å²) in [4.78, 5) is 21.2. The van der Waals surface area contributed by atoms with E-state index in [-0.39, 0.29) is 0 Å². The fourth-order valence-electron chi connectivity index (χ4n) is 3.01. The van der Waals surface area contributed by atoms with E-state index in [1.165, 1.54) is 11.8 Å². The molecule has 0 bridgehead atoms. The molecule has 3 aromatic heterocycles. The minimum Gasteiger partial charge on any atom is -0.372 e. The first-order chi connectivity index (χ1) is 13.1. The molecule has 0 atom stereocenters. The molecule has 0 radical (unpaired) electrons. The van der Waals surface area contributed by atoms with Crippen molar-refractivity contribution in [2.75, 3.05) is 30.4 Å². The van der Waals surface area contributed by atoms with Gasteiger partial charge in [0.25, 0.3) is 0 Å². The summed E-state index contributed by atoms with van der Waals surface area (Å²) in [7, 11) is 1.79. The van der Waals surface area contributed by atoms with E-state index in [0.717, 1.165) is 47.2 Å². The number of nitrogens with zero attached hydrogens (tertiary/aromatic N) is 5. The number of halogens is 1. The molecule has 0 aliphatic carbocycles. The van der Waals surface area contributed by atoms with Gasteiger partial charge in [-0.15, -0.1) is 0 Å². The highest BCUT2D eigenvalue weighted by atomic mass is 35.5. The van der Waals surface area contributed by atoms with E-state index in [1.54, 1.807) is 19.4 Å². The van der Waals surface area contributed by atoms with Crippen LogP contribution in [0.15, 0.2) is 40.5 Å². The summed E-state index contributed by atoms with van der Waals surface area (Å²) in [6, 6.07) is 6.05. The normalized spacial score (nSPS) is 15.3.